The maximum atomic E-state index is 12.4. The molecule has 0 bridgehead atoms. The van der Waals surface area contributed by atoms with Crippen LogP contribution in [-0.4, -0.2) is 28.6 Å². The Labute approximate surface area is 135 Å². The number of rotatable bonds is 5. The average Bonchev–Trinajstić information content (AvgIpc) is 3.25. The SMILES string of the molecule is O=C(NCc1ccco1)N1CCCC1CC(O)c1ccccc1. The van der Waals surface area contributed by atoms with E-state index in [0.29, 0.717) is 13.0 Å². The first-order valence-electron chi connectivity index (χ1n) is 8.04. The molecule has 3 rings (SSSR count). The van der Waals surface area contributed by atoms with E-state index in [1.807, 2.05) is 41.3 Å². The number of nitrogens with zero attached hydrogens (tertiary/aromatic N) is 1. The van der Waals surface area contributed by atoms with Crippen molar-refractivity contribution < 1.29 is 14.3 Å². The van der Waals surface area contributed by atoms with Crippen molar-refractivity contribution in [2.75, 3.05) is 6.54 Å². The first-order chi connectivity index (χ1) is 11.2. The standard InChI is InChI=1S/C18H22N2O3/c21-17(14-6-2-1-3-7-14)12-15-8-4-10-20(15)18(22)19-13-16-9-5-11-23-16/h1-3,5-7,9,11,15,17,21H,4,8,10,12-13H2,(H,19,22). The number of amides is 2. The molecule has 0 aliphatic carbocycles. The molecule has 5 nitrogen and oxygen atoms in total. The summed E-state index contributed by atoms with van der Waals surface area (Å²) in [5.41, 5.74) is 0.898. The van der Waals surface area contributed by atoms with Gasteiger partial charge in [-0.1, -0.05) is 30.3 Å². The number of likely N-dealkylation sites (tertiary alicyclic amines) is 1. The number of urea groups is 1. The van der Waals surface area contributed by atoms with Gasteiger partial charge in [0.25, 0.3) is 0 Å². The van der Waals surface area contributed by atoms with Crippen molar-refractivity contribution in [1.82, 2.24) is 10.2 Å². The van der Waals surface area contributed by atoms with Crippen molar-refractivity contribution >= 4 is 6.03 Å². The van der Waals surface area contributed by atoms with Gasteiger partial charge in [-0.2, -0.15) is 0 Å². The molecule has 2 N–H and O–H groups in total. The molecule has 2 atom stereocenters. The summed E-state index contributed by atoms with van der Waals surface area (Å²) in [6.45, 7) is 1.12. The highest BCUT2D eigenvalue weighted by Crippen LogP contribution is 2.27. The minimum absolute atomic E-state index is 0.0711. The van der Waals surface area contributed by atoms with E-state index in [-0.39, 0.29) is 12.1 Å². The Kier molecular flexibility index (Phi) is 4.98. The molecule has 2 unspecified atom stereocenters. The molecule has 2 heterocycles. The first-order valence-corrected chi connectivity index (χ1v) is 8.04. The zero-order valence-electron chi connectivity index (χ0n) is 13.0. The number of carbonyl (C=O) groups excluding carboxylic acids is 1. The summed E-state index contributed by atoms with van der Waals surface area (Å²) in [4.78, 5) is 14.2. The molecular weight excluding hydrogens is 292 g/mol. The van der Waals surface area contributed by atoms with Gasteiger partial charge < -0.3 is 19.7 Å². The Bertz CT molecular complexity index is 612. The van der Waals surface area contributed by atoms with E-state index >= 15 is 0 Å². The molecule has 1 fully saturated rings. The van der Waals surface area contributed by atoms with Gasteiger partial charge in [0, 0.05) is 12.6 Å². The van der Waals surface area contributed by atoms with Crippen molar-refractivity contribution in [2.45, 2.75) is 38.0 Å². The molecule has 1 aromatic carbocycles. The molecule has 2 amide bonds. The monoisotopic (exact) mass is 314 g/mol. The predicted octanol–water partition coefficient (Wildman–Crippen LogP) is 3.08. The van der Waals surface area contributed by atoms with Crippen molar-refractivity contribution in [1.29, 1.82) is 0 Å². The second-order valence-corrected chi connectivity index (χ2v) is 5.89. The second kappa shape index (κ2) is 7.33. The van der Waals surface area contributed by atoms with Gasteiger partial charge in [0.05, 0.1) is 18.9 Å². The fourth-order valence-corrected chi connectivity index (χ4v) is 3.09. The number of nitrogens with one attached hydrogen (secondary N) is 1. The summed E-state index contributed by atoms with van der Waals surface area (Å²) in [6, 6.07) is 13.2. The smallest absolute Gasteiger partial charge is 0.318 e. The quantitative estimate of drug-likeness (QED) is 0.891. The highest BCUT2D eigenvalue weighted by molar-refractivity contribution is 5.74. The maximum Gasteiger partial charge on any atom is 0.318 e. The topological polar surface area (TPSA) is 65.7 Å². The van der Waals surface area contributed by atoms with E-state index in [1.54, 1.807) is 12.3 Å². The van der Waals surface area contributed by atoms with Gasteiger partial charge in [0.2, 0.25) is 0 Å². The van der Waals surface area contributed by atoms with Gasteiger partial charge >= 0.3 is 6.03 Å². The third-order valence-electron chi connectivity index (χ3n) is 4.31. The number of hydrogen-bond acceptors (Lipinski definition) is 3. The summed E-state index contributed by atoms with van der Waals surface area (Å²) in [7, 11) is 0. The van der Waals surface area contributed by atoms with Crippen LogP contribution >= 0.6 is 0 Å². The van der Waals surface area contributed by atoms with Crippen molar-refractivity contribution in [3.8, 4) is 0 Å². The Morgan fingerprint density at radius 1 is 1.30 bits per heavy atom. The number of carbonyl (C=O) groups is 1. The van der Waals surface area contributed by atoms with Crippen molar-refractivity contribution in [2.24, 2.45) is 0 Å². The zero-order chi connectivity index (χ0) is 16.1. The summed E-state index contributed by atoms with van der Waals surface area (Å²) in [5, 5.41) is 13.3. The predicted molar refractivity (Wildman–Crippen MR) is 86.7 cm³/mol. The maximum absolute atomic E-state index is 12.4. The van der Waals surface area contributed by atoms with Crippen LogP contribution in [0.15, 0.2) is 53.1 Å². The highest BCUT2D eigenvalue weighted by atomic mass is 16.3. The lowest BCUT2D eigenvalue weighted by atomic mass is 10.0. The highest BCUT2D eigenvalue weighted by Gasteiger charge is 2.30. The van der Waals surface area contributed by atoms with Gasteiger partial charge in [0.1, 0.15) is 5.76 Å². The molecule has 1 aliphatic rings. The lowest BCUT2D eigenvalue weighted by Crippen LogP contribution is -2.43. The Hall–Kier alpha value is -2.27. The lowest BCUT2D eigenvalue weighted by Gasteiger charge is -2.26. The molecule has 2 aromatic rings. The van der Waals surface area contributed by atoms with E-state index < -0.39 is 6.10 Å². The number of aliphatic hydroxyl groups excluding tert-OH is 1. The second-order valence-electron chi connectivity index (χ2n) is 5.89. The average molecular weight is 314 g/mol. The number of aliphatic hydroxyl groups is 1. The summed E-state index contributed by atoms with van der Waals surface area (Å²) >= 11 is 0. The summed E-state index contributed by atoms with van der Waals surface area (Å²) in [6.07, 6.45) is 3.52. The normalized spacial score (nSPS) is 18.8. The Morgan fingerprint density at radius 2 is 2.13 bits per heavy atom. The van der Waals surface area contributed by atoms with Crippen molar-refractivity contribution in [3.63, 3.8) is 0 Å². The molecule has 1 saturated heterocycles. The van der Waals surface area contributed by atoms with Crippen molar-refractivity contribution in [3.05, 3.63) is 60.1 Å². The van der Waals surface area contributed by atoms with Crippen LogP contribution in [0, 0.1) is 0 Å². The van der Waals surface area contributed by atoms with Crippen LogP contribution in [0.2, 0.25) is 0 Å². The Balaban J connectivity index is 1.55. The van der Waals surface area contributed by atoms with Crippen LogP contribution in [0.3, 0.4) is 0 Å². The van der Waals surface area contributed by atoms with Gasteiger partial charge in [-0.15, -0.1) is 0 Å². The number of benzene rings is 1. The molecule has 0 radical (unpaired) electrons. The van der Waals surface area contributed by atoms with E-state index in [2.05, 4.69) is 5.32 Å². The van der Waals surface area contributed by atoms with E-state index in [0.717, 1.165) is 30.7 Å². The van der Waals surface area contributed by atoms with Gasteiger partial charge in [-0.05, 0) is 37.0 Å². The molecule has 5 heteroatoms. The van der Waals surface area contributed by atoms with E-state index in [9.17, 15) is 9.90 Å². The van der Waals surface area contributed by atoms with Crippen LogP contribution in [-0.2, 0) is 6.54 Å². The molecule has 122 valence electrons. The van der Waals surface area contributed by atoms with Gasteiger partial charge in [-0.3, -0.25) is 0 Å². The number of hydrogen-bond donors (Lipinski definition) is 2. The van der Waals surface area contributed by atoms with Crippen LogP contribution in [0.1, 0.15) is 36.7 Å². The minimum Gasteiger partial charge on any atom is -0.467 e. The molecule has 1 aliphatic heterocycles. The molecule has 0 spiro atoms. The van der Waals surface area contributed by atoms with E-state index in [4.69, 9.17) is 4.42 Å². The van der Waals surface area contributed by atoms with Crippen LogP contribution in [0.25, 0.3) is 0 Å². The number of furan rings is 1. The molecule has 0 saturated carbocycles. The third-order valence-corrected chi connectivity index (χ3v) is 4.31. The molecule has 23 heavy (non-hydrogen) atoms. The summed E-state index contributed by atoms with van der Waals surface area (Å²) < 4.78 is 5.22. The Morgan fingerprint density at radius 3 is 2.87 bits per heavy atom. The molecular formula is C18H22N2O3. The van der Waals surface area contributed by atoms with Crippen LogP contribution in [0.4, 0.5) is 4.79 Å². The zero-order valence-corrected chi connectivity index (χ0v) is 13.0. The summed E-state index contributed by atoms with van der Waals surface area (Å²) in [5.74, 6) is 0.735. The van der Waals surface area contributed by atoms with Crippen LogP contribution < -0.4 is 5.32 Å². The largest absolute Gasteiger partial charge is 0.467 e. The van der Waals surface area contributed by atoms with Crippen LogP contribution in [0.5, 0.6) is 0 Å². The molecule has 1 aromatic heterocycles. The first kappa shape index (κ1) is 15.6. The fourth-order valence-electron chi connectivity index (χ4n) is 3.09. The third kappa shape index (κ3) is 3.93. The minimum atomic E-state index is -0.542. The fraction of sp³-hybridized carbons (Fsp3) is 0.389. The van der Waals surface area contributed by atoms with E-state index in [1.165, 1.54) is 0 Å². The van der Waals surface area contributed by atoms with Gasteiger partial charge in [0.15, 0.2) is 0 Å². The lowest BCUT2D eigenvalue weighted by molar-refractivity contribution is 0.126. The van der Waals surface area contributed by atoms with Gasteiger partial charge in [-0.25, -0.2) is 4.79 Å².